The number of likely N-dealkylation sites (N-methyl/N-ethyl adjacent to an activating group) is 1. The quantitative estimate of drug-likeness (QED) is 0.765. The van der Waals surface area contributed by atoms with Gasteiger partial charge in [-0.1, -0.05) is 23.8 Å². The van der Waals surface area contributed by atoms with Crippen molar-refractivity contribution in [1.82, 2.24) is 4.90 Å². The Labute approximate surface area is 109 Å². The summed E-state index contributed by atoms with van der Waals surface area (Å²) >= 11 is 0. The lowest BCUT2D eigenvalue weighted by atomic mass is 10.0. The summed E-state index contributed by atoms with van der Waals surface area (Å²) in [6, 6.07) is 8.29. The predicted octanol–water partition coefficient (Wildman–Crippen LogP) is 2.29. The number of nitrogens with zero attached hydrogens (tertiary/aromatic N) is 1. The van der Waals surface area contributed by atoms with Crippen LogP contribution in [0, 0.1) is 6.92 Å². The minimum absolute atomic E-state index is 0.202. The Morgan fingerprint density at radius 1 is 1.39 bits per heavy atom. The summed E-state index contributed by atoms with van der Waals surface area (Å²) in [5.74, 6) is 0.202. The Morgan fingerprint density at radius 3 is 2.78 bits per heavy atom. The minimum atomic E-state index is 0.202. The number of hydrogen-bond donors (Lipinski definition) is 0. The highest BCUT2D eigenvalue weighted by molar-refractivity contribution is 5.97. The fourth-order valence-electron chi connectivity index (χ4n) is 2.39. The molecule has 1 aromatic rings. The van der Waals surface area contributed by atoms with Crippen LogP contribution < -0.4 is 0 Å². The summed E-state index contributed by atoms with van der Waals surface area (Å²) in [5.41, 5.74) is 1.95. The first-order valence-corrected chi connectivity index (χ1v) is 6.54. The van der Waals surface area contributed by atoms with Crippen molar-refractivity contribution in [2.24, 2.45) is 0 Å². The highest BCUT2D eigenvalue weighted by Gasteiger charge is 2.20. The van der Waals surface area contributed by atoms with Gasteiger partial charge in [0.05, 0.1) is 6.54 Å². The molecule has 18 heavy (non-hydrogen) atoms. The van der Waals surface area contributed by atoms with Crippen LogP contribution in [0.2, 0.25) is 0 Å². The van der Waals surface area contributed by atoms with Gasteiger partial charge in [-0.2, -0.15) is 0 Å². The van der Waals surface area contributed by atoms with E-state index in [9.17, 15) is 4.79 Å². The first-order valence-electron chi connectivity index (χ1n) is 6.54. The van der Waals surface area contributed by atoms with Crippen molar-refractivity contribution in [3.8, 4) is 0 Å². The second-order valence-corrected chi connectivity index (χ2v) is 5.05. The third-order valence-corrected chi connectivity index (χ3v) is 3.55. The molecule has 3 heteroatoms. The van der Waals surface area contributed by atoms with E-state index in [2.05, 4.69) is 4.90 Å². The molecular formula is C15H21NO2. The van der Waals surface area contributed by atoms with Gasteiger partial charge in [0, 0.05) is 24.8 Å². The third kappa shape index (κ3) is 3.40. The standard InChI is InChI=1S/C15H21NO2/c1-12-4-3-5-13(10-12)15(17)11-16(2)14-6-8-18-9-7-14/h3-5,10,14H,6-9,11H2,1-2H3. The van der Waals surface area contributed by atoms with Gasteiger partial charge >= 0.3 is 0 Å². The number of Topliss-reactive ketones (excluding diaryl/α,β-unsaturated/α-hetero) is 1. The van der Waals surface area contributed by atoms with Crippen LogP contribution in [-0.2, 0) is 4.74 Å². The zero-order valence-electron chi connectivity index (χ0n) is 11.2. The van der Waals surface area contributed by atoms with Crippen molar-refractivity contribution in [2.45, 2.75) is 25.8 Å². The molecule has 0 N–H and O–H groups in total. The fourth-order valence-corrected chi connectivity index (χ4v) is 2.39. The van der Waals surface area contributed by atoms with Crippen molar-refractivity contribution >= 4 is 5.78 Å². The highest BCUT2D eigenvalue weighted by Crippen LogP contribution is 2.14. The van der Waals surface area contributed by atoms with E-state index in [0.717, 1.165) is 37.2 Å². The molecule has 0 bridgehead atoms. The molecule has 1 aliphatic rings. The number of carbonyl (C=O) groups is 1. The Kier molecular flexibility index (Phi) is 4.50. The summed E-state index contributed by atoms with van der Waals surface area (Å²) in [7, 11) is 2.03. The second-order valence-electron chi connectivity index (χ2n) is 5.05. The minimum Gasteiger partial charge on any atom is -0.381 e. The van der Waals surface area contributed by atoms with Gasteiger partial charge in [-0.05, 0) is 32.9 Å². The molecule has 3 nitrogen and oxygen atoms in total. The summed E-state index contributed by atoms with van der Waals surface area (Å²) in [6.45, 7) is 4.13. The molecule has 0 spiro atoms. The number of rotatable bonds is 4. The van der Waals surface area contributed by atoms with Crippen LogP contribution in [-0.4, -0.2) is 43.5 Å². The van der Waals surface area contributed by atoms with E-state index in [0.29, 0.717) is 12.6 Å². The average Bonchev–Trinajstić information content (AvgIpc) is 2.39. The lowest BCUT2D eigenvalue weighted by Gasteiger charge is -2.30. The largest absolute Gasteiger partial charge is 0.381 e. The van der Waals surface area contributed by atoms with Gasteiger partial charge in [0.2, 0.25) is 0 Å². The van der Waals surface area contributed by atoms with Gasteiger partial charge < -0.3 is 4.74 Å². The number of ether oxygens (including phenoxy) is 1. The van der Waals surface area contributed by atoms with Gasteiger partial charge in [-0.25, -0.2) is 0 Å². The van der Waals surface area contributed by atoms with E-state index in [4.69, 9.17) is 4.74 Å². The van der Waals surface area contributed by atoms with Gasteiger partial charge in [-0.3, -0.25) is 9.69 Å². The maximum absolute atomic E-state index is 12.2. The molecule has 1 fully saturated rings. The molecule has 0 saturated carbocycles. The van der Waals surface area contributed by atoms with Crippen molar-refractivity contribution in [1.29, 1.82) is 0 Å². The van der Waals surface area contributed by atoms with E-state index in [-0.39, 0.29) is 5.78 Å². The molecule has 1 saturated heterocycles. The van der Waals surface area contributed by atoms with Crippen LogP contribution in [0.15, 0.2) is 24.3 Å². The normalized spacial score (nSPS) is 17.1. The fraction of sp³-hybridized carbons (Fsp3) is 0.533. The van der Waals surface area contributed by atoms with Gasteiger partial charge in [-0.15, -0.1) is 0 Å². The Morgan fingerprint density at radius 2 is 2.11 bits per heavy atom. The first-order chi connectivity index (χ1) is 8.66. The SMILES string of the molecule is Cc1cccc(C(=O)CN(C)C2CCOCC2)c1. The van der Waals surface area contributed by atoms with Crippen LogP contribution >= 0.6 is 0 Å². The lowest BCUT2D eigenvalue weighted by Crippen LogP contribution is -2.39. The number of hydrogen-bond acceptors (Lipinski definition) is 3. The Hall–Kier alpha value is -1.19. The van der Waals surface area contributed by atoms with Crippen LogP contribution in [0.5, 0.6) is 0 Å². The van der Waals surface area contributed by atoms with Gasteiger partial charge in [0.1, 0.15) is 0 Å². The summed E-state index contributed by atoms with van der Waals surface area (Å²) in [5, 5.41) is 0. The monoisotopic (exact) mass is 247 g/mol. The molecular weight excluding hydrogens is 226 g/mol. The number of carbonyl (C=O) groups excluding carboxylic acids is 1. The van der Waals surface area contributed by atoms with E-state index < -0.39 is 0 Å². The zero-order chi connectivity index (χ0) is 13.0. The van der Waals surface area contributed by atoms with E-state index in [1.165, 1.54) is 0 Å². The third-order valence-electron chi connectivity index (χ3n) is 3.55. The molecule has 0 aromatic heterocycles. The van der Waals surface area contributed by atoms with Crippen LogP contribution in [0.3, 0.4) is 0 Å². The summed E-state index contributed by atoms with van der Waals surface area (Å²) in [6.07, 6.45) is 2.05. The van der Waals surface area contributed by atoms with Gasteiger partial charge in [0.25, 0.3) is 0 Å². The van der Waals surface area contributed by atoms with Crippen LogP contribution in [0.1, 0.15) is 28.8 Å². The Bertz CT molecular complexity index is 411. The molecule has 2 rings (SSSR count). The van der Waals surface area contributed by atoms with Crippen molar-refractivity contribution in [3.05, 3.63) is 35.4 Å². The molecule has 0 amide bonds. The summed E-state index contributed by atoms with van der Waals surface area (Å²) in [4.78, 5) is 14.3. The molecule has 1 aromatic carbocycles. The molecule has 0 atom stereocenters. The maximum atomic E-state index is 12.2. The molecule has 1 aliphatic heterocycles. The molecule has 0 aliphatic carbocycles. The molecule has 1 heterocycles. The van der Waals surface area contributed by atoms with Crippen molar-refractivity contribution in [2.75, 3.05) is 26.8 Å². The van der Waals surface area contributed by atoms with Crippen LogP contribution in [0.4, 0.5) is 0 Å². The topological polar surface area (TPSA) is 29.5 Å². The lowest BCUT2D eigenvalue weighted by molar-refractivity contribution is 0.0418. The smallest absolute Gasteiger partial charge is 0.176 e. The number of ketones is 1. The molecule has 0 unspecified atom stereocenters. The molecule has 0 radical (unpaired) electrons. The molecule has 98 valence electrons. The highest BCUT2D eigenvalue weighted by atomic mass is 16.5. The summed E-state index contributed by atoms with van der Waals surface area (Å²) < 4.78 is 5.34. The average molecular weight is 247 g/mol. The van der Waals surface area contributed by atoms with E-state index >= 15 is 0 Å². The first kappa shape index (κ1) is 13.2. The Balaban J connectivity index is 1.94. The predicted molar refractivity (Wildman–Crippen MR) is 72.0 cm³/mol. The maximum Gasteiger partial charge on any atom is 0.176 e. The van der Waals surface area contributed by atoms with Crippen molar-refractivity contribution in [3.63, 3.8) is 0 Å². The zero-order valence-corrected chi connectivity index (χ0v) is 11.2. The van der Waals surface area contributed by atoms with Crippen LogP contribution in [0.25, 0.3) is 0 Å². The van der Waals surface area contributed by atoms with Crippen molar-refractivity contribution < 1.29 is 9.53 Å². The second kappa shape index (κ2) is 6.12. The van der Waals surface area contributed by atoms with E-state index in [1.807, 2.05) is 38.2 Å². The van der Waals surface area contributed by atoms with E-state index in [1.54, 1.807) is 0 Å². The number of benzene rings is 1. The number of aryl methyl sites for hydroxylation is 1. The van der Waals surface area contributed by atoms with Gasteiger partial charge in [0.15, 0.2) is 5.78 Å².